The lowest BCUT2D eigenvalue weighted by atomic mass is 10.5. The van der Waals surface area contributed by atoms with Gasteiger partial charge in [0.2, 0.25) is 0 Å². The van der Waals surface area contributed by atoms with E-state index in [1.165, 1.54) is 12.3 Å². The highest BCUT2D eigenvalue weighted by molar-refractivity contribution is 7.85. The van der Waals surface area contributed by atoms with Crippen LogP contribution in [0.5, 0.6) is 0 Å². The summed E-state index contributed by atoms with van der Waals surface area (Å²) in [5.41, 5.74) is 0. The summed E-state index contributed by atoms with van der Waals surface area (Å²) in [6, 6.07) is 0. The predicted octanol–water partition coefficient (Wildman–Crippen LogP) is 0.236. The molecule has 1 aliphatic heterocycles. The maximum Gasteiger partial charge on any atom is 0.428 e. The summed E-state index contributed by atoms with van der Waals surface area (Å²) in [4.78, 5) is 0. The fourth-order valence-corrected chi connectivity index (χ4v) is 1.07. The van der Waals surface area contributed by atoms with Gasteiger partial charge >= 0.3 is 10.3 Å². The predicted molar refractivity (Wildman–Crippen MR) is 32.3 cm³/mol. The summed E-state index contributed by atoms with van der Waals surface area (Å²) >= 11 is 0. The number of hydrogen-bond acceptors (Lipinski definition) is 3. The Morgan fingerprint density at radius 1 is 1.67 bits per heavy atom. The van der Waals surface area contributed by atoms with Crippen LogP contribution in [0.4, 0.5) is 0 Å². The molecule has 0 bridgehead atoms. The largest absolute Gasteiger partial charge is 0.428 e. The Balaban J connectivity index is 2.99. The molecule has 1 aliphatic rings. The van der Waals surface area contributed by atoms with E-state index in [4.69, 9.17) is 0 Å². The zero-order valence-corrected chi connectivity index (χ0v) is 5.55. The molecule has 0 amide bonds. The van der Waals surface area contributed by atoms with E-state index in [1.807, 2.05) is 0 Å². The van der Waals surface area contributed by atoms with Crippen molar-refractivity contribution in [1.82, 2.24) is 0 Å². The molecule has 50 valence electrons. The van der Waals surface area contributed by atoms with Crippen molar-refractivity contribution in [3.63, 3.8) is 0 Å². The van der Waals surface area contributed by atoms with E-state index in [-0.39, 0.29) is 0 Å². The van der Waals surface area contributed by atoms with Gasteiger partial charge in [-0.2, -0.15) is 8.42 Å². The first-order valence-corrected chi connectivity index (χ1v) is 3.63. The van der Waals surface area contributed by atoms with Crippen LogP contribution >= 0.6 is 0 Å². The third-order valence-electron chi connectivity index (χ3n) is 0.736. The summed E-state index contributed by atoms with van der Waals surface area (Å²) in [5.74, 6) is 0.338. The van der Waals surface area contributed by atoms with E-state index < -0.39 is 10.3 Å². The first-order chi connectivity index (χ1) is 4.10. The fourth-order valence-electron chi connectivity index (χ4n) is 0.425. The molecule has 0 N–H and O–H groups in total. The van der Waals surface area contributed by atoms with E-state index >= 15 is 0 Å². The van der Waals surface area contributed by atoms with Gasteiger partial charge in [-0.15, -0.1) is 4.40 Å². The van der Waals surface area contributed by atoms with E-state index in [1.54, 1.807) is 6.92 Å². The van der Waals surface area contributed by atoms with Crippen molar-refractivity contribution >= 4 is 16.5 Å². The fraction of sp³-hybridized carbons (Fsp3) is 0.250. The maximum atomic E-state index is 10.4. The van der Waals surface area contributed by atoms with Crippen LogP contribution in [0.25, 0.3) is 0 Å². The summed E-state index contributed by atoms with van der Waals surface area (Å²) in [5, 5.41) is 0. The first-order valence-electron chi connectivity index (χ1n) is 2.27. The molecular weight excluding hydrogens is 142 g/mol. The Labute approximate surface area is 53.1 Å². The minimum Gasteiger partial charge on any atom is -0.370 e. The second-order valence-corrected chi connectivity index (χ2v) is 2.78. The van der Waals surface area contributed by atoms with Crippen LogP contribution in [-0.2, 0) is 14.5 Å². The Bertz CT molecular complexity index is 262. The number of hydrogen-bond donors (Lipinski definition) is 0. The van der Waals surface area contributed by atoms with Crippen LogP contribution in [0.15, 0.2) is 16.2 Å². The van der Waals surface area contributed by atoms with Crippen LogP contribution in [0.2, 0.25) is 0 Å². The Kier molecular flexibility index (Phi) is 1.28. The summed E-state index contributed by atoms with van der Waals surface area (Å²) < 4.78 is 28.2. The topological polar surface area (TPSA) is 55.7 Å². The first kappa shape index (κ1) is 6.28. The molecule has 9 heavy (non-hydrogen) atoms. The molecule has 0 atom stereocenters. The van der Waals surface area contributed by atoms with Gasteiger partial charge in [-0.25, -0.2) is 0 Å². The van der Waals surface area contributed by atoms with Gasteiger partial charge in [-0.05, 0) is 13.0 Å². The van der Waals surface area contributed by atoms with E-state index in [2.05, 4.69) is 8.58 Å². The van der Waals surface area contributed by atoms with Gasteiger partial charge in [0.1, 0.15) is 5.76 Å². The molecule has 0 aromatic rings. The zero-order chi connectivity index (χ0) is 6.91. The Hall–Kier alpha value is -0.840. The van der Waals surface area contributed by atoms with E-state index in [0.29, 0.717) is 5.76 Å². The van der Waals surface area contributed by atoms with Gasteiger partial charge in [0.25, 0.3) is 0 Å². The van der Waals surface area contributed by atoms with Crippen molar-refractivity contribution in [2.45, 2.75) is 6.92 Å². The van der Waals surface area contributed by atoms with Gasteiger partial charge < -0.3 is 4.18 Å². The second-order valence-electron chi connectivity index (χ2n) is 1.54. The van der Waals surface area contributed by atoms with Gasteiger partial charge in [0.05, 0.1) is 0 Å². The Morgan fingerprint density at radius 2 is 2.33 bits per heavy atom. The molecule has 0 radical (unpaired) electrons. The van der Waals surface area contributed by atoms with Crippen molar-refractivity contribution in [2.24, 2.45) is 4.40 Å². The lowest BCUT2D eigenvalue weighted by Crippen LogP contribution is -2.04. The molecule has 1 rings (SSSR count). The summed E-state index contributed by atoms with van der Waals surface area (Å²) in [6.07, 6.45) is 2.66. The molecule has 0 fully saturated rings. The number of rotatable bonds is 0. The molecule has 1 heterocycles. The van der Waals surface area contributed by atoms with Crippen LogP contribution in [0, 0.1) is 0 Å². The minimum absolute atomic E-state index is 0.338. The Morgan fingerprint density at radius 3 is 2.67 bits per heavy atom. The maximum absolute atomic E-state index is 10.4. The smallest absolute Gasteiger partial charge is 0.370 e. The van der Waals surface area contributed by atoms with Crippen molar-refractivity contribution in [3.8, 4) is 0 Å². The van der Waals surface area contributed by atoms with Gasteiger partial charge in [0.15, 0.2) is 0 Å². The van der Waals surface area contributed by atoms with E-state index in [0.717, 1.165) is 0 Å². The van der Waals surface area contributed by atoms with Gasteiger partial charge in [-0.3, -0.25) is 0 Å². The minimum atomic E-state index is -3.63. The number of allylic oxidation sites excluding steroid dienone is 2. The van der Waals surface area contributed by atoms with Gasteiger partial charge in [-0.1, -0.05) is 0 Å². The molecule has 0 aromatic carbocycles. The lowest BCUT2D eigenvalue weighted by molar-refractivity contribution is 0.408. The summed E-state index contributed by atoms with van der Waals surface area (Å²) in [6.45, 7) is 1.54. The summed E-state index contributed by atoms with van der Waals surface area (Å²) in [7, 11) is -3.63. The second kappa shape index (κ2) is 1.84. The molecule has 0 aromatic heterocycles. The molecule has 0 saturated heterocycles. The van der Waals surface area contributed by atoms with Crippen LogP contribution in [0.3, 0.4) is 0 Å². The highest BCUT2D eigenvalue weighted by atomic mass is 32.2. The van der Waals surface area contributed by atoms with Crippen LogP contribution < -0.4 is 0 Å². The molecule has 0 aliphatic carbocycles. The van der Waals surface area contributed by atoms with Gasteiger partial charge in [0, 0.05) is 6.21 Å². The average Bonchev–Trinajstić information content (AvgIpc) is 1.60. The lowest BCUT2D eigenvalue weighted by Gasteiger charge is -2.03. The standard InChI is InChI=1S/C4H5NO3S/c1-4-2-3-5-9(6,7)8-4/h2-3H,1H3. The molecule has 0 spiro atoms. The molecule has 0 saturated carbocycles. The molecule has 5 heteroatoms. The monoisotopic (exact) mass is 147 g/mol. The highest BCUT2D eigenvalue weighted by Crippen LogP contribution is 2.07. The average molecular weight is 147 g/mol. The SMILES string of the molecule is CC1=CC=NS(=O)(=O)O1. The highest BCUT2D eigenvalue weighted by Gasteiger charge is 2.10. The van der Waals surface area contributed by atoms with E-state index in [9.17, 15) is 8.42 Å². The van der Waals surface area contributed by atoms with Crippen molar-refractivity contribution in [2.75, 3.05) is 0 Å². The molecule has 4 nitrogen and oxygen atoms in total. The third-order valence-corrected chi connectivity index (χ3v) is 1.59. The normalized spacial score (nSPS) is 22.6. The zero-order valence-electron chi connectivity index (χ0n) is 4.73. The third kappa shape index (κ3) is 1.53. The van der Waals surface area contributed by atoms with Crippen molar-refractivity contribution in [3.05, 3.63) is 11.8 Å². The van der Waals surface area contributed by atoms with Crippen molar-refractivity contribution < 1.29 is 12.6 Å². The van der Waals surface area contributed by atoms with Crippen molar-refractivity contribution in [1.29, 1.82) is 0 Å². The van der Waals surface area contributed by atoms with Crippen LogP contribution in [-0.4, -0.2) is 14.6 Å². The van der Waals surface area contributed by atoms with Crippen LogP contribution in [0.1, 0.15) is 6.92 Å². The molecular formula is C4H5NO3S. The number of nitrogens with zero attached hydrogens (tertiary/aromatic N) is 1. The molecule has 0 unspecified atom stereocenters. The quantitative estimate of drug-likeness (QED) is 0.493.